The van der Waals surface area contributed by atoms with E-state index < -0.39 is 22.6 Å². The first-order valence-corrected chi connectivity index (χ1v) is 11.6. The maximum absolute atomic E-state index is 13.0. The number of carbonyl (C=O) groups excluding carboxylic acids is 2. The first kappa shape index (κ1) is 23.5. The summed E-state index contributed by atoms with van der Waals surface area (Å²) >= 11 is 0. The Kier molecular flexibility index (Phi) is 7.00. The lowest BCUT2D eigenvalue weighted by Gasteiger charge is -2.20. The molecule has 0 saturated heterocycles. The van der Waals surface area contributed by atoms with E-state index in [2.05, 4.69) is 4.98 Å². The van der Waals surface area contributed by atoms with Crippen molar-refractivity contribution in [1.82, 2.24) is 9.29 Å². The van der Waals surface area contributed by atoms with Crippen LogP contribution in [0.3, 0.4) is 0 Å². The normalized spacial score (nSPS) is 11.7. The number of nitrogens with one attached hydrogen (secondary N) is 1. The van der Waals surface area contributed by atoms with Crippen molar-refractivity contribution in [3.63, 3.8) is 0 Å². The molecule has 0 atom stereocenters. The number of sulfonamides is 1. The standard InChI is InChI=1S/C23H26N2O6S/c1-5-25(6-2)32(28,29)21-13-16(11-12-20(21)30-4)23(27)31-14-19(26)22-15(3)24-18-10-8-7-9-17(18)22/h7-13,24H,5-6,14H2,1-4H3. The second-order valence-corrected chi connectivity index (χ2v) is 9.03. The highest BCUT2D eigenvalue weighted by Crippen LogP contribution is 2.28. The van der Waals surface area contributed by atoms with Gasteiger partial charge in [0.2, 0.25) is 15.8 Å². The Labute approximate surface area is 187 Å². The fraction of sp³-hybridized carbons (Fsp3) is 0.304. The van der Waals surface area contributed by atoms with Crippen molar-refractivity contribution < 1.29 is 27.5 Å². The molecule has 3 rings (SSSR count). The van der Waals surface area contributed by atoms with Crippen LogP contribution in [0, 0.1) is 6.92 Å². The Bertz CT molecular complexity index is 1260. The number of carbonyl (C=O) groups is 2. The van der Waals surface area contributed by atoms with Gasteiger partial charge in [0.25, 0.3) is 0 Å². The lowest BCUT2D eigenvalue weighted by molar-refractivity contribution is 0.0474. The van der Waals surface area contributed by atoms with Gasteiger partial charge < -0.3 is 14.5 Å². The van der Waals surface area contributed by atoms with Crippen LogP contribution in [0.5, 0.6) is 5.75 Å². The van der Waals surface area contributed by atoms with Crippen LogP contribution >= 0.6 is 0 Å². The highest BCUT2D eigenvalue weighted by Gasteiger charge is 2.27. The summed E-state index contributed by atoms with van der Waals surface area (Å²) in [5.41, 5.74) is 1.98. The number of aryl methyl sites for hydroxylation is 1. The van der Waals surface area contributed by atoms with Gasteiger partial charge >= 0.3 is 5.97 Å². The number of H-pyrrole nitrogens is 1. The van der Waals surface area contributed by atoms with Gasteiger partial charge in [-0.3, -0.25) is 4.79 Å². The molecule has 0 fully saturated rings. The SMILES string of the molecule is CCN(CC)S(=O)(=O)c1cc(C(=O)OCC(=O)c2c(C)[nH]c3ccccc23)ccc1OC. The Morgan fingerprint density at radius 3 is 2.41 bits per heavy atom. The molecular formula is C23H26N2O6S. The molecule has 9 heteroatoms. The molecule has 1 heterocycles. The number of esters is 1. The molecule has 0 bridgehead atoms. The number of fused-ring (bicyclic) bond motifs is 1. The van der Waals surface area contributed by atoms with Gasteiger partial charge in [-0.25, -0.2) is 13.2 Å². The Morgan fingerprint density at radius 2 is 1.75 bits per heavy atom. The van der Waals surface area contributed by atoms with Crippen LogP contribution in [-0.2, 0) is 14.8 Å². The third-order valence-corrected chi connectivity index (χ3v) is 7.30. The predicted octanol–water partition coefficient (Wildman–Crippen LogP) is 3.56. The summed E-state index contributed by atoms with van der Waals surface area (Å²) in [7, 11) is -2.51. The molecule has 8 nitrogen and oxygen atoms in total. The van der Waals surface area contributed by atoms with E-state index in [1.54, 1.807) is 20.8 Å². The minimum atomic E-state index is -3.87. The molecule has 3 aromatic rings. The average molecular weight is 459 g/mol. The van der Waals surface area contributed by atoms with Gasteiger partial charge in [0, 0.05) is 35.2 Å². The smallest absolute Gasteiger partial charge is 0.338 e. The zero-order valence-electron chi connectivity index (χ0n) is 18.5. The third kappa shape index (κ3) is 4.39. The Hall–Kier alpha value is -3.17. The number of ketones is 1. The molecular weight excluding hydrogens is 432 g/mol. The molecule has 0 unspecified atom stereocenters. The summed E-state index contributed by atoms with van der Waals surface area (Å²) in [4.78, 5) is 28.4. The molecule has 170 valence electrons. The van der Waals surface area contributed by atoms with Gasteiger partial charge in [-0.15, -0.1) is 0 Å². The monoisotopic (exact) mass is 458 g/mol. The highest BCUT2D eigenvalue weighted by molar-refractivity contribution is 7.89. The second kappa shape index (κ2) is 9.54. The Balaban J connectivity index is 1.84. The number of benzene rings is 2. The van der Waals surface area contributed by atoms with Gasteiger partial charge in [-0.2, -0.15) is 4.31 Å². The lowest BCUT2D eigenvalue weighted by atomic mass is 10.1. The number of para-hydroxylation sites is 1. The summed E-state index contributed by atoms with van der Waals surface area (Å²) in [6.07, 6.45) is 0. The minimum Gasteiger partial charge on any atom is -0.495 e. The molecule has 0 spiro atoms. The van der Waals surface area contributed by atoms with Gasteiger partial charge in [0.1, 0.15) is 10.6 Å². The fourth-order valence-electron chi connectivity index (χ4n) is 3.63. The van der Waals surface area contributed by atoms with E-state index in [-0.39, 0.29) is 35.1 Å². The minimum absolute atomic E-state index is 0.0139. The first-order chi connectivity index (χ1) is 15.2. The summed E-state index contributed by atoms with van der Waals surface area (Å²) in [5.74, 6) is -1.02. The number of hydrogen-bond donors (Lipinski definition) is 1. The maximum atomic E-state index is 13.0. The molecule has 0 amide bonds. The average Bonchev–Trinajstić information content (AvgIpc) is 3.13. The van der Waals surface area contributed by atoms with Gasteiger partial charge in [-0.05, 0) is 31.2 Å². The summed E-state index contributed by atoms with van der Waals surface area (Å²) in [5, 5.41) is 0.753. The molecule has 1 aromatic heterocycles. The van der Waals surface area contributed by atoms with E-state index in [4.69, 9.17) is 9.47 Å². The number of methoxy groups -OCH3 is 1. The van der Waals surface area contributed by atoms with Crippen LogP contribution in [0.15, 0.2) is 47.4 Å². The quantitative estimate of drug-likeness (QED) is 0.388. The van der Waals surface area contributed by atoms with Gasteiger partial charge in [0.05, 0.1) is 12.7 Å². The number of aromatic nitrogens is 1. The van der Waals surface area contributed by atoms with E-state index in [1.165, 1.54) is 29.6 Å². The topological polar surface area (TPSA) is 106 Å². The van der Waals surface area contributed by atoms with Crippen molar-refractivity contribution in [3.05, 3.63) is 59.3 Å². The zero-order valence-corrected chi connectivity index (χ0v) is 19.3. The van der Waals surface area contributed by atoms with Crippen LogP contribution < -0.4 is 4.74 Å². The fourth-order valence-corrected chi connectivity index (χ4v) is 5.27. The van der Waals surface area contributed by atoms with Gasteiger partial charge in [-0.1, -0.05) is 32.0 Å². The second-order valence-electron chi connectivity index (χ2n) is 7.12. The van der Waals surface area contributed by atoms with E-state index in [9.17, 15) is 18.0 Å². The number of rotatable bonds is 9. The summed E-state index contributed by atoms with van der Waals surface area (Å²) in [6, 6.07) is 11.4. The van der Waals surface area contributed by atoms with Crippen molar-refractivity contribution in [1.29, 1.82) is 0 Å². The number of hydrogen-bond acceptors (Lipinski definition) is 6. The summed E-state index contributed by atoms with van der Waals surface area (Å²) < 4.78 is 37.6. The number of ether oxygens (including phenoxy) is 2. The highest BCUT2D eigenvalue weighted by atomic mass is 32.2. The van der Waals surface area contributed by atoms with E-state index >= 15 is 0 Å². The largest absolute Gasteiger partial charge is 0.495 e. The molecule has 0 saturated carbocycles. The predicted molar refractivity (Wildman–Crippen MR) is 121 cm³/mol. The van der Waals surface area contributed by atoms with E-state index in [0.717, 1.165) is 10.9 Å². The number of aromatic amines is 1. The van der Waals surface area contributed by atoms with Crippen molar-refractivity contribution in [3.8, 4) is 5.75 Å². The van der Waals surface area contributed by atoms with Crippen LogP contribution in [0.25, 0.3) is 10.9 Å². The molecule has 1 N–H and O–H groups in total. The molecule has 0 aliphatic rings. The summed E-state index contributed by atoms with van der Waals surface area (Å²) in [6.45, 7) is 5.31. The molecule has 0 aliphatic heterocycles. The first-order valence-electron chi connectivity index (χ1n) is 10.2. The van der Waals surface area contributed by atoms with Gasteiger partial charge in [0.15, 0.2) is 6.61 Å². The third-order valence-electron chi connectivity index (χ3n) is 5.23. The van der Waals surface area contributed by atoms with Crippen molar-refractivity contribution >= 4 is 32.7 Å². The van der Waals surface area contributed by atoms with Crippen LogP contribution in [0.4, 0.5) is 0 Å². The lowest BCUT2D eigenvalue weighted by Crippen LogP contribution is -2.31. The number of Topliss-reactive ketones (excluding diaryl/α,β-unsaturated/α-hetero) is 1. The molecule has 0 radical (unpaired) electrons. The van der Waals surface area contributed by atoms with Crippen LogP contribution in [0.1, 0.15) is 40.3 Å². The van der Waals surface area contributed by atoms with Crippen LogP contribution in [0.2, 0.25) is 0 Å². The van der Waals surface area contributed by atoms with Crippen LogP contribution in [-0.4, -0.2) is 56.3 Å². The molecule has 0 aliphatic carbocycles. The molecule has 2 aromatic carbocycles. The van der Waals surface area contributed by atoms with Crippen molar-refractivity contribution in [2.75, 3.05) is 26.8 Å². The molecule has 32 heavy (non-hydrogen) atoms. The zero-order chi connectivity index (χ0) is 23.5. The Morgan fingerprint density at radius 1 is 1.06 bits per heavy atom. The van der Waals surface area contributed by atoms with E-state index in [0.29, 0.717) is 11.3 Å². The maximum Gasteiger partial charge on any atom is 0.338 e. The van der Waals surface area contributed by atoms with E-state index in [1.807, 2.05) is 24.3 Å². The van der Waals surface area contributed by atoms with Crippen molar-refractivity contribution in [2.24, 2.45) is 0 Å². The van der Waals surface area contributed by atoms with Crippen molar-refractivity contribution in [2.45, 2.75) is 25.7 Å². The number of nitrogens with zero attached hydrogens (tertiary/aromatic N) is 1.